The van der Waals surface area contributed by atoms with Gasteiger partial charge >= 0.3 is 0 Å². The van der Waals surface area contributed by atoms with Gasteiger partial charge in [0.1, 0.15) is 5.75 Å². The first kappa shape index (κ1) is 18.4. The number of likely N-dealkylation sites (tertiary alicyclic amines) is 1. The number of carbonyl (C=O) groups is 1. The summed E-state index contributed by atoms with van der Waals surface area (Å²) in [4.78, 5) is 14.5. The molecule has 1 heterocycles. The van der Waals surface area contributed by atoms with Gasteiger partial charge in [-0.2, -0.15) is 0 Å². The topological polar surface area (TPSA) is 86.7 Å². The van der Waals surface area contributed by atoms with Crippen LogP contribution < -0.4 is 4.72 Å². The number of amides is 1. The summed E-state index contributed by atoms with van der Waals surface area (Å²) in [5, 5.41) is 9.98. The molecule has 1 fully saturated rings. The number of nitrogens with one attached hydrogen (secondary N) is 1. The number of benzene rings is 2. The number of phenolic OH excluding ortho intramolecular Hbond substituents is 1. The van der Waals surface area contributed by atoms with Gasteiger partial charge in [-0.25, -0.2) is 13.1 Å². The quantitative estimate of drug-likeness (QED) is 0.860. The normalized spacial score (nSPS) is 15.8. The molecule has 0 aromatic heterocycles. The molecule has 6 nitrogen and oxygen atoms in total. The fourth-order valence-corrected chi connectivity index (χ4v) is 4.41. The van der Waals surface area contributed by atoms with Crippen LogP contribution in [0, 0.1) is 6.92 Å². The van der Waals surface area contributed by atoms with Gasteiger partial charge in [0.15, 0.2) is 0 Å². The molecular weight excluding hydrogens is 352 g/mol. The Morgan fingerprint density at radius 3 is 2.38 bits per heavy atom. The van der Waals surface area contributed by atoms with Crippen LogP contribution in [-0.2, 0) is 10.0 Å². The summed E-state index contributed by atoms with van der Waals surface area (Å²) in [6.07, 6.45) is 1.06. The Morgan fingerprint density at radius 1 is 1.12 bits per heavy atom. The van der Waals surface area contributed by atoms with Crippen molar-refractivity contribution in [1.29, 1.82) is 0 Å². The molecule has 0 saturated carbocycles. The lowest BCUT2D eigenvalue weighted by atomic mass is 10.0. The number of hydrogen-bond donors (Lipinski definition) is 2. The van der Waals surface area contributed by atoms with Crippen LogP contribution in [0.25, 0.3) is 0 Å². The highest BCUT2D eigenvalue weighted by molar-refractivity contribution is 7.89. The van der Waals surface area contributed by atoms with Gasteiger partial charge in [0.05, 0.1) is 10.5 Å². The monoisotopic (exact) mass is 374 g/mol. The molecule has 1 aliphatic rings. The average molecular weight is 374 g/mol. The predicted octanol–water partition coefficient (Wildman–Crippen LogP) is 2.28. The molecule has 7 heteroatoms. The maximum Gasteiger partial charge on any atom is 0.257 e. The van der Waals surface area contributed by atoms with Crippen molar-refractivity contribution in [3.63, 3.8) is 0 Å². The summed E-state index contributed by atoms with van der Waals surface area (Å²) in [7, 11) is -3.55. The van der Waals surface area contributed by atoms with Crippen LogP contribution in [0.1, 0.15) is 28.8 Å². The van der Waals surface area contributed by atoms with Crippen molar-refractivity contribution in [2.24, 2.45) is 0 Å². The minimum atomic E-state index is -3.55. The summed E-state index contributed by atoms with van der Waals surface area (Å²) in [6.45, 7) is 2.72. The van der Waals surface area contributed by atoms with Crippen molar-refractivity contribution in [2.75, 3.05) is 13.1 Å². The number of carbonyl (C=O) groups excluding carboxylic acids is 1. The molecule has 0 bridgehead atoms. The van der Waals surface area contributed by atoms with Crippen molar-refractivity contribution in [3.8, 4) is 5.75 Å². The highest BCUT2D eigenvalue weighted by Gasteiger charge is 2.28. The van der Waals surface area contributed by atoms with Crippen LogP contribution in [0.4, 0.5) is 0 Å². The zero-order chi connectivity index (χ0) is 18.7. The van der Waals surface area contributed by atoms with Crippen LogP contribution >= 0.6 is 0 Å². The molecule has 1 saturated heterocycles. The molecule has 1 aliphatic heterocycles. The molecule has 138 valence electrons. The largest absolute Gasteiger partial charge is 0.507 e. The third-order valence-corrected chi connectivity index (χ3v) is 6.08. The van der Waals surface area contributed by atoms with Crippen molar-refractivity contribution in [3.05, 3.63) is 59.7 Å². The predicted molar refractivity (Wildman–Crippen MR) is 98.5 cm³/mol. The van der Waals surface area contributed by atoms with E-state index in [2.05, 4.69) is 4.72 Å². The Morgan fingerprint density at radius 2 is 1.77 bits per heavy atom. The minimum Gasteiger partial charge on any atom is -0.507 e. The van der Waals surface area contributed by atoms with E-state index >= 15 is 0 Å². The molecular formula is C19H22N2O4S. The number of aryl methyl sites for hydroxylation is 1. The van der Waals surface area contributed by atoms with Gasteiger partial charge in [0, 0.05) is 19.1 Å². The van der Waals surface area contributed by atoms with Crippen LogP contribution in [0.3, 0.4) is 0 Å². The van der Waals surface area contributed by atoms with Gasteiger partial charge in [0.25, 0.3) is 5.91 Å². The summed E-state index contributed by atoms with van der Waals surface area (Å²) in [5.74, 6) is -0.256. The van der Waals surface area contributed by atoms with Gasteiger partial charge in [-0.15, -0.1) is 0 Å². The second-order valence-electron chi connectivity index (χ2n) is 6.52. The van der Waals surface area contributed by atoms with Gasteiger partial charge < -0.3 is 10.0 Å². The number of hydrogen-bond acceptors (Lipinski definition) is 4. The summed E-state index contributed by atoms with van der Waals surface area (Å²) in [5.41, 5.74) is 1.16. The van der Waals surface area contributed by atoms with E-state index in [9.17, 15) is 18.3 Å². The molecule has 0 unspecified atom stereocenters. The average Bonchev–Trinajstić information content (AvgIpc) is 2.62. The lowest BCUT2D eigenvalue weighted by Crippen LogP contribution is -2.46. The molecule has 0 aliphatic carbocycles. The standard InChI is InChI=1S/C19H22N2O4S/c1-14-7-8-17(18(22)13-14)19(23)21-11-9-15(10-12-21)20-26(24,25)16-5-3-2-4-6-16/h2-8,13,15,20,22H,9-12H2,1H3. The van der Waals surface area contributed by atoms with E-state index in [0.29, 0.717) is 25.9 Å². The van der Waals surface area contributed by atoms with Crippen molar-refractivity contribution in [1.82, 2.24) is 9.62 Å². The first-order valence-corrected chi connectivity index (χ1v) is 10.0. The Bertz CT molecular complexity index is 889. The van der Waals surface area contributed by atoms with E-state index in [1.807, 2.05) is 6.92 Å². The molecule has 2 aromatic carbocycles. The molecule has 1 amide bonds. The zero-order valence-corrected chi connectivity index (χ0v) is 15.4. The van der Waals surface area contributed by atoms with Crippen LogP contribution in [0.5, 0.6) is 5.75 Å². The Hall–Kier alpha value is -2.38. The van der Waals surface area contributed by atoms with Crippen LogP contribution in [0.2, 0.25) is 0 Å². The second-order valence-corrected chi connectivity index (χ2v) is 8.24. The highest BCUT2D eigenvalue weighted by atomic mass is 32.2. The Balaban J connectivity index is 1.61. The third kappa shape index (κ3) is 4.05. The number of phenols is 1. The van der Waals surface area contributed by atoms with Gasteiger partial charge in [0.2, 0.25) is 10.0 Å². The van der Waals surface area contributed by atoms with E-state index in [0.717, 1.165) is 5.56 Å². The summed E-state index contributed by atoms with van der Waals surface area (Å²) < 4.78 is 27.5. The molecule has 2 aromatic rings. The number of nitrogens with zero attached hydrogens (tertiary/aromatic N) is 1. The van der Waals surface area contributed by atoms with Crippen molar-refractivity contribution in [2.45, 2.75) is 30.7 Å². The molecule has 3 rings (SSSR count). The van der Waals surface area contributed by atoms with Crippen molar-refractivity contribution >= 4 is 15.9 Å². The second kappa shape index (κ2) is 7.47. The molecule has 0 radical (unpaired) electrons. The first-order valence-electron chi connectivity index (χ1n) is 8.53. The van der Waals surface area contributed by atoms with E-state index in [-0.39, 0.29) is 28.2 Å². The van der Waals surface area contributed by atoms with E-state index in [1.165, 1.54) is 0 Å². The lowest BCUT2D eigenvalue weighted by molar-refractivity contribution is 0.0708. The number of sulfonamides is 1. The van der Waals surface area contributed by atoms with E-state index in [4.69, 9.17) is 0 Å². The van der Waals surface area contributed by atoms with Gasteiger partial charge in [-0.05, 0) is 49.6 Å². The number of aromatic hydroxyl groups is 1. The molecule has 26 heavy (non-hydrogen) atoms. The smallest absolute Gasteiger partial charge is 0.257 e. The van der Waals surface area contributed by atoms with Crippen molar-refractivity contribution < 1.29 is 18.3 Å². The minimum absolute atomic E-state index is 0.0260. The summed E-state index contributed by atoms with van der Waals surface area (Å²) in [6, 6.07) is 13.0. The van der Waals surface area contributed by atoms with E-state index in [1.54, 1.807) is 53.4 Å². The third-order valence-electron chi connectivity index (χ3n) is 4.54. The zero-order valence-electron chi connectivity index (χ0n) is 14.6. The number of rotatable bonds is 4. The fourth-order valence-electron chi connectivity index (χ4n) is 3.08. The van der Waals surface area contributed by atoms with E-state index < -0.39 is 10.0 Å². The Labute approximate surface area is 153 Å². The first-order chi connectivity index (χ1) is 12.4. The van der Waals surface area contributed by atoms with Crippen LogP contribution in [-0.4, -0.2) is 43.5 Å². The fraction of sp³-hybridized carbons (Fsp3) is 0.316. The maximum atomic E-state index is 12.6. The van der Waals surface area contributed by atoms with Gasteiger partial charge in [-0.1, -0.05) is 24.3 Å². The lowest BCUT2D eigenvalue weighted by Gasteiger charge is -2.32. The Kier molecular flexibility index (Phi) is 5.29. The van der Waals surface area contributed by atoms with Gasteiger partial charge in [-0.3, -0.25) is 4.79 Å². The van der Waals surface area contributed by atoms with Crippen LogP contribution in [0.15, 0.2) is 53.4 Å². The maximum absolute atomic E-state index is 12.6. The SMILES string of the molecule is Cc1ccc(C(=O)N2CCC(NS(=O)(=O)c3ccccc3)CC2)c(O)c1. The summed E-state index contributed by atoms with van der Waals surface area (Å²) >= 11 is 0. The molecule has 0 spiro atoms. The molecule has 2 N–H and O–H groups in total. The number of piperidine rings is 1. The molecule has 0 atom stereocenters. The highest BCUT2D eigenvalue weighted by Crippen LogP contribution is 2.23.